The second-order valence-electron chi connectivity index (χ2n) is 7.32. The van der Waals surface area contributed by atoms with Crippen molar-refractivity contribution in [1.29, 1.82) is 0 Å². The number of piperidine rings is 1. The third-order valence-electron chi connectivity index (χ3n) is 5.30. The molecule has 7 heteroatoms. The third-order valence-corrected chi connectivity index (χ3v) is 5.67. The number of aromatic nitrogens is 2. The topological polar surface area (TPSA) is 59.2 Å². The van der Waals surface area contributed by atoms with Crippen LogP contribution >= 0.6 is 11.6 Å². The summed E-state index contributed by atoms with van der Waals surface area (Å²) in [6.45, 7) is 1.43. The summed E-state index contributed by atoms with van der Waals surface area (Å²) in [6, 6.07) is 13.5. The number of carbonyl (C=O) groups excluding carboxylic acids is 1. The fourth-order valence-corrected chi connectivity index (χ4v) is 3.81. The number of benzene rings is 2. The van der Waals surface area contributed by atoms with Crippen molar-refractivity contribution in [3.05, 3.63) is 70.8 Å². The molecule has 0 radical (unpaired) electrons. The van der Waals surface area contributed by atoms with Crippen LogP contribution in [0.25, 0.3) is 11.4 Å². The van der Waals surface area contributed by atoms with E-state index in [0.717, 1.165) is 24.0 Å². The summed E-state index contributed by atoms with van der Waals surface area (Å²) in [4.78, 5) is 18.9. The van der Waals surface area contributed by atoms with E-state index in [1.807, 2.05) is 23.1 Å². The Hall–Kier alpha value is -2.73. The van der Waals surface area contributed by atoms with Gasteiger partial charge in [-0.1, -0.05) is 35.0 Å². The van der Waals surface area contributed by atoms with Gasteiger partial charge in [0.15, 0.2) is 0 Å². The van der Waals surface area contributed by atoms with Crippen LogP contribution in [0.3, 0.4) is 0 Å². The molecule has 1 aliphatic heterocycles. The summed E-state index contributed by atoms with van der Waals surface area (Å²) in [6.07, 6.45) is 2.79. The largest absolute Gasteiger partial charge is 0.342 e. The first-order valence-electron chi connectivity index (χ1n) is 9.68. The average molecular weight is 414 g/mol. The maximum absolute atomic E-state index is 13.0. The van der Waals surface area contributed by atoms with Crippen LogP contribution in [0.5, 0.6) is 0 Å². The lowest BCUT2D eigenvalue weighted by molar-refractivity contribution is -0.131. The van der Waals surface area contributed by atoms with Gasteiger partial charge in [-0.05, 0) is 54.7 Å². The molecule has 0 saturated carbocycles. The number of hydrogen-bond acceptors (Lipinski definition) is 4. The molecule has 0 bridgehead atoms. The molecular formula is C22H21ClFN3O2. The number of nitrogens with zero attached hydrogens (tertiary/aromatic N) is 3. The second kappa shape index (κ2) is 8.74. The Balaban J connectivity index is 1.29. The second-order valence-corrected chi connectivity index (χ2v) is 7.72. The van der Waals surface area contributed by atoms with Gasteiger partial charge in [-0.25, -0.2) is 4.39 Å². The van der Waals surface area contributed by atoms with E-state index in [0.29, 0.717) is 48.6 Å². The highest BCUT2D eigenvalue weighted by Crippen LogP contribution is 2.24. The Bertz CT molecular complexity index is 982. The highest BCUT2D eigenvalue weighted by molar-refractivity contribution is 6.31. The zero-order valence-electron chi connectivity index (χ0n) is 15.9. The number of carbonyl (C=O) groups is 1. The molecule has 1 aromatic heterocycles. The van der Waals surface area contributed by atoms with Crippen LogP contribution in [0.15, 0.2) is 53.1 Å². The SMILES string of the molecule is O=C(Cc1ccccc1Cl)N1CCC(Cc2nc(-c3ccc(F)cc3)no2)CC1. The van der Waals surface area contributed by atoms with Gasteiger partial charge in [-0.3, -0.25) is 4.79 Å². The van der Waals surface area contributed by atoms with Crippen LogP contribution in [0.4, 0.5) is 4.39 Å². The van der Waals surface area contributed by atoms with Crippen LogP contribution in [-0.2, 0) is 17.6 Å². The lowest BCUT2D eigenvalue weighted by Crippen LogP contribution is -2.39. The maximum atomic E-state index is 13.0. The van der Waals surface area contributed by atoms with E-state index in [1.165, 1.54) is 12.1 Å². The molecule has 1 aliphatic rings. The quantitative estimate of drug-likeness (QED) is 0.615. The third kappa shape index (κ3) is 4.82. The molecule has 0 N–H and O–H groups in total. The monoisotopic (exact) mass is 413 g/mol. The van der Waals surface area contributed by atoms with Crippen LogP contribution in [0.2, 0.25) is 5.02 Å². The fourth-order valence-electron chi connectivity index (χ4n) is 3.60. The Kier molecular flexibility index (Phi) is 5.90. The van der Waals surface area contributed by atoms with Crippen LogP contribution in [0.1, 0.15) is 24.3 Å². The summed E-state index contributed by atoms with van der Waals surface area (Å²) < 4.78 is 18.4. The smallest absolute Gasteiger partial charge is 0.227 e. The minimum atomic E-state index is -0.298. The fraction of sp³-hybridized carbons (Fsp3) is 0.318. The minimum Gasteiger partial charge on any atom is -0.342 e. The van der Waals surface area contributed by atoms with E-state index >= 15 is 0 Å². The van der Waals surface area contributed by atoms with Gasteiger partial charge in [0.2, 0.25) is 17.6 Å². The molecule has 0 atom stereocenters. The molecule has 3 aromatic rings. The van der Waals surface area contributed by atoms with Crippen molar-refractivity contribution in [2.24, 2.45) is 5.92 Å². The van der Waals surface area contributed by atoms with Gasteiger partial charge in [0, 0.05) is 30.1 Å². The van der Waals surface area contributed by atoms with Crippen LogP contribution < -0.4 is 0 Å². The van der Waals surface area contributed by atoms with E-state index in [2.05, 4.69) is 10.1 Å². The van der Waals surface area contributed by atoms with Crippen molar-refractivity contribution in [1.82, 2.24) is 15.0 Å². The number of likely N-dealkylation sites (tertiary alicyclic amines) is 1. The molecular weight excluding hydrogens is 393 g/mol. The summed E-state index contributed by atoms with van der Waals surface area (Å²) in [5.74, 6) is 1.24. The van der Waals surface area contributed by atoms with Crippen molar-refractivity contribution in [2.45, 2.75) is 25.7 Å². The van der Waals surface area contributed by atoms with E-state index in [-0.39, 0.29) is 11.7 Å². The molecule has 1 fully saturated rings. The molecule has 0 spiro atoms. The minimum absolute atomic E-state index is 0.105. The first-order valence-corrected chi connectivity index (χ1v) is 10.1. The van der Waals surface area contributed by atoms with Gasteiger partial charge in [0.05, 0.1) is 6.42 Å². The zero-order valence-corrected chi connectivity index (χ0v) is 16.6. The van der Waals surface area contributed by atoms with Gasteiger partial charge in [-0.15, -0.1) is 0 Å². The van der Waals surface area contributed by atoms with Crippen molar-refractivity contribution in [3.63, 3.8) is 0 Å². The Labute approximate surface area is 173 Å². The van der Waals surface area contributed by atoms with Crippen LogP contribution in [-0.4, -0.2) is 34.0 Å². The van der Waals surface area contributed by atoms with E-state index in [4.69, 9.17) is 16.1 Å². The van der Waals surface area contributed by atoms with Crippen molar-refractivity contribution < 1.29 is 13.7 Å². The first-order chi connectivity index (χ1) is 14.1. The Morgan fingerprint density at radius 1 is 1.14 bits per heavy atom. The maximum Gasteiger partial charge on any atom is 0.227 e. The lowest BCUT2D eigenvalue weighted by atomic mass is 9.93. The normalized spacial score (nSPS) is 14.9. The predicted molar refractivity (Wildman–Crippen MR) is 108 cm³/mol. The predicted octanol–water partition coefficient (Wildman–Crippen LogP) is 4.55. The molecule has 1 amide bonds. The lowest BCUT2D eigenvalue weighted by Gasteiger charge is -2.31. The summed E-state index contributed by atoms with van der Waals surface area (Å²) in [5, 5.41) is 4.62. The molecule has 29 heavy (non-hydrogen) atoms. The van der Waals surface area contributed by atoms with Gasteiger partial charge in [0.1, 0.15) is 5.82 Å². The number of rotatable bonds is 5. The molecule has 150 valence electrons. The van der Waals surface area contributed by atoms with E-state index < -0.39 is 0 Å². The standard InChI is InChI=1S/C22H21ClFN3O2/c23-19-4-2-1-3-17(19)14-21(28)27-11-9-15(10-12-27)13-20-25-22(26-29-20)16-5-7-18(24)8-6-16/h1-8,15H,9-14H2. The van der Waals surface area contributed by atoms with Crippen molar-refractivity contribution in [3.8, 4) is 11.4 Å². The highest BCUT2D eigenvalue weighted by atomic mass is 35.5. The van der Waals surface area contributed by atoms with Gasteiger partial charge in [0.25, 0.3) is 0 Å². The molecule has 2 aromatic carbocycles. The molecule has 1 saturated heterocycles. The van der Waals surface area contributed by atoms with E-state index in [1.54, 1.807) is 18.2 Å². The first kappa shape index (κ1) is 19.6. The average Bonchev–Trinajstić information content (AvgIpc) is 3.19. The Morgan fingerprint density at radius 3 is 2.59 bits per heavy atom. The van der Waals surface area contributed by atoms with Crippen molar-refractivity contribution in [2.75, 3.05) is 13.1 Å². The number of amides is 1. The molecule has 0 unspecified atom stereocenters. The van der Waals surface area contributed by atoms with Gasteiger partial charge in [-0.2, -0.15) is 4.98 Å². The molecule has 0 aliphatic carbocycles. The van der Waals surface area contributed by atoms with Gasteiger partial charge >= 0.3 is 0 Å². The molecule has 4 rings (SSSR count). The molecule has 2 heterocycles. The van der Waals surface area contributed by atoms with Crippen LogP contribution in [0, 0.1) is 11.7 Å². The van der Waals surface area contributed by atoms with Gasteiger partial charge < -0.3 is 9.42 Å². The Morgan fingerprint density at radius 2 is 1.86 bits per heavy atom. The van der Waals surface area contributed by atoms with Crippen molar-refractivity contribution >= 4 is 17.5 Å². The number of hydrogen-bond donors (Lipinski definition) is 0. The van der Waals surface area contributed by atoms with E-state index in [9.17, 15) is 9.18 Å². The molecule has 5 nitrogen and oxygen atoms in total. The summed E-state index contributed by atoms with van der Waals surface area (Å²) >= 11 is 6.16. The zero-order chi connectivity index (χ0) is 20.2. The summed E-state index contributed by atoms with van der Waals surface area (Å²) in [7, 11) is 0. The highest BCUT2D eigenvalue weighted by Gasteiger charge is 2.25. The number of halogens is 2. The summed E-state index contributed by atoms with van der Waals surface area (Å²) in [5.41, 5.74) is 1.59.